The topological polar surface area (TPSA) is 42.2 Å². The Morgan fingerprint density at radius 2 is 1.89 bits per heavy atom. The molecule has 2 aromatic rings. The Bertz CT molecular complexity index is 647. The molecule has 0 aromatic heterocycles. The first-order chi connectivity index (χ1) is 9.13. The van der Waals surface area contributed by atoms with Crippen LogP contribution < -0.4 is 9.47 Å². The molecule has 0 aliphatic heterocycles. The molecule has 2 aromatic carbocycles. The van der Waals surface area contributed by atoms with E-state index in [0.29, 0.717) is 17.1 Å². The van der Waals surface area contributed by atoms with Crippen molar-refractivity contribution in [2.24, 2.45) is 0 Å². The van der Waals surface area contributed by atoms with Crippen LogP contribution in [0, 0.1) is 18.3 Å². The van der Waals surface area contributed by atoms with Crippen molar-refractivity contribution in [1.82, 2.24) is 0 Å². The van der Waals surface area contributed by atoms with Crippen LogP contribution in [0.25, 0.3) is 0 Å². The molecule has 0 unspecified atom stereocenters. The molecule has 0 aliphatic carbocycles. The highest BCUT2D eigenvalue weighted by molar-refractivity contribution is 9.10. The number of halogens is 1. The van der Waals surface area contributed by atoms with Gasteiger partial charge in [-0.05, 0) is 48.9 Å². The zero-order valence-electron chi connectivity index (χ0n) is 10.6. The minimum Gasteiger partial charge on any atom is -0.497 e. The molecule has 0 heterocycles. The van der Waals surface area contributed by atoms with Crippen molar-refractivity contribution in [3.8, 4) is 23.3 Å². The molecule has 0 radical (unpaired) electrons. The Morgan fingerprint density at radius 1 is 1.11 bits per heavy atom. The van der Waals surface area contributed by atoms with Gasteiger partial charge in [-0.1, -0.05) is 15.9 Å². The van der Waals surface area contributed by atoms with Crippen LogP contribution in [0.1, 0.15) is 11.1 Å². The van der Waals surface area contributed by atoms with Crippen LogP contribution in [-0.2, 0) is 0 Å². The predicted octanol–water partition coefficient (Wildman–Crippen LogP) is 4.43. The van der Waals surface area contributed by atoms with Crippen LogP contribution in [0.15, 0.2) is 40.9 Å². The normalized spacial score (nSPS) is 9.79. The average Bonchev–Trinajstić information content (AvgIpc) is 2.41. The van der Waals surface area contributed by atoms with Crippen molar-refractivity contribution < 1.29 is 9.47 Å². The number of nitriles is 1. The average molecular weight is 318 g/mol. The standard InChI is InChI=1S/C15H12BrNO2/c1-10-7-13(18-2)5-6-14(10)19-15-8-12(16)4-3-11(15)9-17/h3-8H,1-2H3. The number of benzene rings is 2. The summed E-state index contributed by atoms with van der Waals surface area (Å²) < 4.78 is 11.8. The quantitative estimate of drug-likeness (QED) is 0.841. The fourth-order valence-electron chi connectivity index (χ4n) is 1.65. The molecule has 0 fully saturated rings. The molecule has 3 nitrogen and oxygen atoms in total. The molecule has 0 N–H and O–H groups in total. The van der Waals surface area contributed by atoms with Gasteiger partial charge in [-0.2, -0.15) is 5.26 Å². The van der Waals surface area contributed by atoms with Crippen molar-refractivity contribution in [2.45, 2.75) is 6.92 Å². The lowest BCUT2D eigenvalue weighted by atomic mass is 10.2. The zero-order chi connectivity index (χ0) is 13.8. The van der Waals surface area contributed by atoms with E-state index in [1.165, 1.54) is 0 Å². The summed E-state index contributed by atoms with van der Waals surface area (Å²) in [5.41, 5.74) is 1.45. The van der Waals surface area contributed by atoms with E-state index in [1.807, 2.05) is 31.2 Å². The smallest absolute Gasteiger partial charge is 0.146 e. The molecular weight excluding hydrogens is 306 g/mol. The monoisotopic (exact) mass is 317 g/mol. The summed E-state index contributed by atoms with van der Waals surface area (Å²) in [5, 5.41) is 9.07. The van der Waals surface area contributed by atoms with Gasteiger partial charge in [-0.25, -0.2) is 0 Å². The number of nitrogens with zero attached hydrogens (tertiary/aromatic N) is 1. The van der Waals surface area contributed by atoms with Crippen LogP contribution in [0.2, 0.25) is 0 Å². The number of ether oxygens (including phenoxy) is 2. The Kier molecular flexibility index (Phi) is 4.08. The Labute approximate surface area is 120 Å². The molecule has 96 valence electrons. The highest BCUT2D eigenvalue weighted by atomic mass is 79.9. The highest BCUT2D eigenvalue weighted by Crippen LogP contribution is 2.31. The van der Waals surface area contributed by atoms with Crippen LogP contribution in [0.4, 0.5) is 0 Å². The summed E-state index contributed by atoms with van der Waals surface area (Å²) in [5.74, 6) is 2.01. The Morgan fingerprint density at radius 3 is 2.53 bits per heavy atom. The molecule has 2 rings (SSSR count). The third-order valence-electron chi connectivity index (χ3n) is 2.67. The van der Waals surface area contributed by atoms with Gasteiger partial charge in [-0.3, -0.25) is 0 Å². The van der Waals surface area contributed by atoms with Gasteiger partial charge in [-0.15, -0.1) is 0 Å². The van der Waals surface area contributed by atoms with E-state index < -0.39 is 0 Å². The fourth-order valence-corrected chi connectivity index (χ4v) is 1.99. The Hall–Kier alpha value is -1.99. The molecule has 0 bridgehead atoms. The van der Waals surface area contributed by atoms with Gasteiger partial charge in [0.15, 0.2) is 0 Å². The second-order valence-corrected chi connectivity index (χ2v) is 4.90. The van der Waals surface area contributed by atoms with Gasteiger partial charge in [0.05, 0.1) is 12.7 Å². The van der Waals surface area contributed by atoms with Crippen molar-refractivity contribution in [2.75, 3.05) is 7.11 Å². The minimum atomic E-state index is 0.499. The van der Waals surface area contributed by atoms with Crippen molar-refractivity contribution in [3.05, 3.63) is 52.0 Å². The first kappa shape index (κ1) is 13.4. The van der Waals surface area contributed by atoms with Gasteiger partial charge in [0.1, 0.15) is 23.3 Å². The molecule has 19 heavy (non-hydrogen) atoms. The van der Waals surface area contributed by atoms with E-state index >= 15 is 0 Å². The number of aryl methyl sites for hydroxylation is 1. The van der Waals surface area contributed by atoms with E-state index in [-0.39, 0.29) is 0 Å². The highest BCUT2D eigenvalue weighted by Gasteiger charge is 2.08. The largest absolute Gasteiger partial charge is 0.497 e. The van der Waals surface area contributed by atoms with Crippen molar-refractivity contribution >= 4 is 15.9 Å². The number of methoxy groups -OCH3 is 1. The van der Waals surface area contributed by atoms with Gasteiger partial charge in [0.25, 0.3) is 0 Å². The summed E-state index contributed by atoms with van der Waals surface area (Å²) in [7, 11) is 1.62. The number of hydrogen-bond donors (Lipinski definition) is 0. The van der Waals surface area contributed by atoms with E-state index in [4.69, 9.17) is 14.7 Å². The molecule has 0 saturated heterocycles. The van der Waals surface area contributed by atoms with Gasteiger partial charge in [0, 0.05) is 4.47 Å². The maximum atomic E-state index is 9.07. The maximum absolute atomic E-state index is 9.07. The lowest BCUT2D eigenvalue weighted by Gasteiger charge is -2.11. The first-order valence-corrected chi connectivity index (χ1v) is 6.45. The lowest BCUT2D eigenvalue weighted by molar-refractivity contribution is 0.412. The van der Waals surface area contributed by atoms with Crippen LogP contribution in [0.5, 0.6) is 17.2 Å². The van der Waals surface area contributed by atoms with E-state index in [1.54, 1.807) is 19.2 Å². The summed E-state index contributed by atoms with van der Waals surface area (Å²) in [4.78, 5) is 0. The summed E-state index contributed by atoms with van der Waals surface area (Å²) >= 11 is 3.37. The molecule has 0 atom stereocenters. The SMILES string of the molecule is COc1ccc(Oc2cc(Br)ccc2C#N)c(C)c1. The third-order valence-corrected chi connectivity index (χ3v) is 3.16. The summed E-state index contributed by atoms with van der Waals surface area (Å²) in [6.45, 7) is 1.93. The van der Waals surface area contributed by atoms with Gasteiger partial charge >= 0.3 is 0 Å². The van der Waals surface area contributed by atoms with Crippen LogP contribution >= 0.6 is 15.9 Å². The number of hydrogen-bond acceptors (Lipinski definition) is 3. The summed E-state index contributed by atoms with van der Waals surface area (Å²) in [6, 6.07) is 13.0. The molecule has 4 heteroatoms. The Balaban J connectivity index is 2.36. The van der Waals surface area contributed by atoms with E-state index in [0.717, 1.165) is 15.8 Å². The molecule has 0 amide bonds. The minimum absolute atomic E-state index is 0.499. The molecule has 0 saturated carbocycles. The van der Waals surface area contributed by atoms with Gasteiger partial charge in [0.2, 0.25) is 0 Å². The summed E-state index contributed by atoms with van der Waals surface area (Å²) in [6.07, 6.45) is 0. The van der Waals surface area contributed by atoms with Crippen molar-refractivity contribution in [3.63, 3.8) is 0 Å². The van der Waals surface area contributed by atoms with E-state index in [2.05, 4.69) is 22.0 Å². The van der Waals surface area contributed by atoms with Crippen LogP contribution in [0.3, 0.4) is 0 Å². The third kappa shape index (κ3) is 3.07. The van der Waals surface area contributed by atoms with Crippen molar-refractivity contribution in [1.29, 1.82) is 5.26 Å². The van der Waals surface area contributed by atoms with E-state index in [9.17, 15) is 0 Å². The second kappa shape index (κ2) is 5.77. The fraction of sp³-hybridized carbons (Fsp3) is 0.133. The zero-order valence-corrected chi connectivity index (χ0v) is 12.2. The molecule has 0 aliphatic rings. The van der Waals surface area contributed by atoms with Gasteiger partial charge < -0.3 is 9.47 Å². The molecule has 0 spiro atoms. The van der Waals surface area contributed by atoms with Crippen LogP contribution in [-0.4, -0.2) is 7.11 Å². The second-order valence-electron chi connectivity index (χ2n) is 3.99. The predicted molar refractivity (Wildman–Crippen MR) is 76.7 cm³/mol. The number of rotatable bonds is 3. The lowest BCUT2D eigenvalue weighted by Crippen LogP contribution is -1.92. The maximum Gasteiger partial charge on any atom is 0.146 e. The first-order valence-electron chi connectivity index (χ1n) is 5.66. The molecular formula is C15H12BrNO2.